The van der Waals surface area contributed by atoms with Crippen LogP contribution in [0.2, 0.25) is 0 Å². The van der Waals surface area contributed by atoms with Gasteiger partial charge in [0.25, 0.3) is 0 Å². The maximum atomic E-state index is 11.3. The van der Waals surface area contributed by atoms with Gasteiger partial charge in [0.05, 0.1) is 4.90 Å². The monoisotopic (exact) mass is 328 g/mol. The molecule has 0 bridgehead atoms. The maximum Gasteiger partial charge on any atom is 0.238 e. The van der Waals surface area contributed by atoms with Gasteiger partial charge in [-0.3, -0.25) is 0 Å². The summed E-state index contributed by atoms with van der Waals surface area (Å²) in [4.78, 5) is 0.166. The summed E-state index contributed by atoms with van der Waals surface area (Å²) < 4.78 is 22.5. The van der Waals surface area contributed by atoms with Crippen LogP contribution in [-0.4, -0.2) is 26.0 Å². The van der Waals surface area contributed by atoms with E-state index in [-0.39, 0.29) is 10.9 Å². The highest BCUT2D eigenvalue weighted by molar-refractivity contribution is 7.99. The summed E-state index contributed by atoms with van der Waals surface area (Å²) in [6, 6.07) is 7.60. The van der Waals surface area contributed by atoms with Crippen molar-refractivity contribution in [1.82, 2.24) is 5.32 Å². The van der Waals surface area contributed by atoms with Gasteiger partial charge in [0.2, 0.25) is 10.0 Å². The van der Waals surface area contributed by atoms with E-state index in [1.165, 1.54) is 25.7 Å². The molecule has 1 atom stereocenters. The lowest BCUT2D eigenvalue weighted by Gasteiger charge is -2.30. The molecule has 1 fully saturated rings. The highest BCUT2D eigenvalue weighted by atomic mass is 32.2. The fourth-order valence-electron chi connectivity index (χ4n) is 2.86. The first-order valence-corrected chi connectivity index (χ1v) is 10.1. The summed E-state index contributed by atoms with van der Waals surface area (Å²) >= 11 is 1.97. The van der Waals surface area contributed by atoms with E-state index in [0.717, 1.165) is 10.8 Å². The van der Waals surface area contributed by atoms with Crippen LogP contribution in [0.1, 0.15) is 44.2 Å². The van der Waals surface area contributed by atoms with E-state index >= 15 is 0 Å². The van der Waals surface area contributed by atoms with Crippen molar-refractivity contribution >= 4 is 21.8 Å². The standard InChI is InChI=1S/C15H24N2O2S2/c1-11(17-13-5-7-14(20-2)8-6-13)12-3-9-15(10-4-12)21(16,18)19/h3-4,9-11,13-14,17H,5-8H2,1-2H3,(H2,16,18,19). The molecule has 3 N–H and O–H groups in total. The molecule has 0 spiro atoms. The molecule has 118 valence electrons. The van der Waals surface area contributed by atoms with Crippen molar-refractivity contribution in [2.24, 2.45) is 5.14 Å². The lowest BCUT2D eigenvalue weighted by molar-refractivity contribution is 0.352. The Bertz CT molecular complexity index is 550. The number of rotatable bonds is 5. The Labute approximate surface area is 131 Å². The Morgan fingerprint density at radius 3 is 2.24 bits per heavy atom. The third-order valence-electron chi connectivity index (χ3n) is 4.20. The molecule has 2 rings (SSSR count). The minimum atomic E-state index is -3.60. The summed E-state index contributed by atoms with van der Waals surface area (Å²) in [5, 5.41) is 9.57. The van der Waals surface area contributed by atoms with Crippen molar-refractivity contribution in [3.05, 3.63) is 29.8 Å². The molecule has 21 heavy (non-hydrogen) atoms. The Kier molecular flexibility index (Phi) is 5.71. The van der Waals surface area contributed by atoms with Gasteiger partial charge in [0, 0.05) is 17.3 Å². The van der Waals surface area contributed by atoms with Gasteiger partial charge in [0.15, 0.2) is 0 Å². The minimum absolute atomic E-state index is 0.166. The SMILES string of the molecule is CSC1CCC(NC(C)c2ccc(S(N)(=O)=O)cc2)CC1. The van der Waals surface area contributed by atoms with Gasteiger partial charge in [-0.25, -0.2) is 13.6 Å². The van der Waals surface area contributed by atoms with E-state index < -0.39 is 10.0 Å². The van der Waals surface area contributed by atoms with Gasteiger partial charge in [-0.05, 0) is 56.6 Å². The van der Waals surface area contributed by atoms with Crippen LogP contribution >= 0.6 is 11.8 Å². The number of benzene rings is 1. The van der Waals surface area contributed by atoms with Crippen molar-refractivity contribution in [3.63, 3.8) is 0 Å². The fraction of sp³-hybridized carbons (Fsp3) is 0.600. The Balaban J connectivity index is 1.93. The molecule has 0 aromatic heterocycles. The molecule has 0 heterocycles. The number of nitrogens with one attached hydrogen (secondary N) is 1. The van der Waals surface area contributed by atoms with Crippen LogP contribution in [0.15, 0.2) is 29.2 Å². The molecule has 0 aliphatic heterocycles. The molecule has 4 nitrogen and oxygen atoms in total. The van der Waals surface area contributed by atoms with Gasteiger partial charge < -0.3 is 5.32 Å². The number of primary sulfonamides is 1. The number of nitrogens with two attached hydrogens (primary N) is 1. The van der Waals surface area contributed by atoms with Gasteiger partial charge in [-0.2, -0.15) is 11.8 Å². The van der Waals surface area contributed by atoms with Crippen LogP contribution in [0.25, 0.3) is 0 Å². The van der Waals surface area contributed by atoms with Gasteiger partial charge in [0.1, 0.15) is 0 Å². The van der Waals surface area contributed by atoms with Crippen molar-refractivity contribution in [2.45, 2.75) is 54.8 Å². The number of thioether (sulfide) groups is 1. The second kappa shape index (κ2) is 7.13. The third-order valence-corrected chi connectivity index (χ3v) is 6.27. The van der Waals surface area contributed by atoms with E-state index in [1.54, 1.807) is 12.1 Å². The first-order chi connectivity index (χ1) is 9.90. The summed E-state index contributed by atoms with van der Waals surface area (Å²) in [5.74, 6) is 0. The molecule has 0 radical (unpaired) electrons. The second-order valence-electron chi connectivity index (χ2n) is 5.71. The molecule has 6 heteroatoms. The lowest BCUT2D eigenvalue weighted by atomic mass is 9.94. The van der Waals surface area contributed by atoms with Crippen LogP contribution in [0.3, 0.4) is 0 Å². The van der Waals surface area contributed by atoms with Crippen LogP contribution in [0, 0.1) is 0 Å². The predicted octanol–water partition coefficient (Wildman–Crippen LogP) is 2.66. The highest BCUT2D eigenvalue weighted by Crippen LogP contribution is 2.28. The molecule has 1 aromatic rings. The zero-order valence-electron chi connectivity index (χ0n) is 12.6. The number of sulfonamides is 1. The average Bonchev–Trinajstić information content (AvgIpc) is 2.47. The zero-order valence-corrected chi connectivity index (χ0v) is 14.2. The van der Waals surface area contributed by atoms with Gasteiger partial charge in [-0.15, -0.1) is 0 Å². The molecule has 1 unspecified atom stereocenters. The van der Waals surface area contributed by atoms with E-state index in [2.05, 4.69) is 18.5 Å². The number of hydrogen-bond acceptors (Lipinski definition) is 4. The summed E-state index contributed by atoms with van der Waals surface area (Å²) in [5.41, 5.74) is 1.09. The van der Waals surface area contributed by atoms with Crippen LogP contribution in [0.5, 0.6) is 0 Å². The molecule has 1 aromatic carbocycles. The van der Waals surface area contributed by atoms with Gasteiger partial charge >= 0.3 is 0 Å². The second-order valence-corrected chi connectivity index (χ2v) is 8.41. The smallest absolute Gasteiger partial charge is 0.238 e. The average molecular weight is 329 g/mol. The summed E-state index contributed by atoms with van der Waals surface area (Å²) in [6.07, 6.45) is 7.16. The molecular formula is C15H24N2O2S2. The quantitative estimate of drug-likeness (QED) is 0.871. The molecule has 1 aliphatic carbocycles. The summed E-state index contributed by atoms with van der Waals surface area (Å²) in [7, 11) is -3.60. The topological polar surface area (TPSA) is 72.2 Å². The molecule has 1 aliphatic rings. The van der Waals surface area contributed by atoms with Crippen molar-refractivity contribution < 1.29 is 8.42 Å². The van der Waals surface area contributed by atoms with Crippen molar-refractivity contribution in [2.75, 3.05) is 6.26 Å². The molecule has 0 amide bonds. The Morgan fingerprint density at radius 1 is 1.19 bits per heavy atom. The fourth-order valence-corrected chi connectivity index (χ4v) is 4.12. The van der Waals surface area contributed by atoms with E-state index in [0.29, 0.717) is 6.04 Å². The Morgan fingerprint density at radius 2 is 1.76 bits per heavy atom. The zero-order chi connectivity index (χ0) is 15.5. The Hall–Kier alpha value is -0.560. The van der Waals surface area contributed by atoms with Crippen molar-refractivity contribution in [3.8, 4) is 0 Å². The first kappa shape index (κ1) is 16.8. The molecule has 0 saturated heterocycles. The van der Waals surface area contributed by atoms with Crippen LogP contribution in [-0.2, 0) is 10.0 Å². The third kappa shape index (κ3) is 4.71. The summed E-state index contributed by atoms with van der Waals surface area (Å²) in [6.45, 7) is 2.12. The molecular weight excluding hydrogens is 304 g/mol. The minimum Gasteiger partial charge on any atom is -0.307 e. The van der Waals surface area contributed by atoms with E-state index in [4.69, 9.17) is 5.14 Å². The van der Waals surface area contributed by atoms with Crippen LogP contribution in [0.4, 0.5) is 0 Å². The van der Waals surface area contributed by atoms with E-state index in [9.17, 15) is 8.42 Å². The highest BCUT2D eigenvalue weighted by Gasteiger charge is 2.21. The maximum absolute atomic E-state index is 11.3. The normalized spacial score (nSPS) is 24.7. The molecule has 1 saturated carbocycles. The predicted molar refractivity (Wildman–Crippen MR) is 88.9 cm³/mol. The number of hydrogen-bond donors (Lipinski definition) is 2. The van der Waals surface area contributed by atoms with Crippen molar-refractivity contribution in [1.29, 1.82) is 0 Å². The van der Waals surface area contributed by atoms with E-state index in [1.807, 2.05) is 23.9 Å². The largest absolute Gasteiger partial charge is 0.307 e. The van der Waals surface area contributed by atoms with Gasteiger partial charge in [-0.1, -0.05) is 12.1 Å². The lowest BCUT2D eigenvalue weighted by Crippen LogP contribution is -2.35. The first-order valence-electron chi connectivity index (χ1n) is 7.31. The van der Waals surface area contributed by atoms with Crippen LogP contribution < -0.4 is 10.5 Å².